The van der Waals surface area contributed by atoms with Gasteiger partial charge < -0.3 is 15.5 Å². The van der Waals surface area contributed by atoms with E-state index in [4.69, 9.17) is 0 Å². The number of nitrogens with one attached hydrogen (secondary N) is 2. The topological polar surface area (TPSA) is 61.4 Å². The van der Waals surface area contributed by atoms with Gasteiger partial charge in [-0.15, -0.1) is 0 Å². The first-order valence-corrected chi connectivity index (χ1v) is 11.2. The van der Waals surface area contributed by atoms with Crippen LogP contribution in [0.3, 0.4) is 0 Å². The van der Waals surface area contributed by atoms with Crippen LogP contribution in [-0.4, -0.2) is 31.4 Å². The van der Waals surface area contributed by atoms with Gasteiger partial charge in [0.15, 0.2) is 0 Å². The van der Waals surface area contributed by atoms with Crippen molar-refractivity contribution >= 4 is 23.2 Å². The van der Waals surface area contributed by atoms with Gasteiger partial charge in [-0.3, -0.25) is 9.59 Å². The summed E-state index contributed by atoms with van der Waals surface area (Å²) in [6.45, 7) is 6.62. The highest BCUT2D eigenvalue weighted by atomic mass is 16.2. The number of hydrogen-bond acceptors (Lipinski definition) is 3. The van der Waals surface area contributed by atoms with Gasteiger partial charge in [-0.2, -0.15) is 0 Å². The molecule has 2 aromatic carbocycles. The monoisotopic (exact) mass is 407 g/mol. The molecule has 3 rings (SSSR count). The summed E-state index contributed by atoms with van der Waals surface area (Å²) in [4.78, 5) is 28.1. The van der Waals surface area contributed by atoms with Crippen LogP contribution >= 0.6 is 0 Å². The lowest BCUT2D eigenvalue weighted by Crippen LogP contribution is -2.33. The summed E-state index contributed by atoms with van der Waals surface area (Å²) in [5.41, 5.74) is 3.26. The zero-order valence-corrected chi connectivity index (χ0v) is 18.1. The summed E-state index contributed by atoms with van der Waals surface area (Å²) in [6.07, 6.45) is 5.12. The summed E-state index contributed by atoms with van der Waals surface area (Å²) in [5.74, 6) is -0.344. The quantitative estimate of drug-likeness (QED) is 0.651. The molecule has 2 amide bonds. The predicted octanol–water partition coefficient (Wildman–Crippen LogP) is 4.95. The van der Waals surface area contributed by atoms with Crippen molar-refractivity contribution in [2.75, 3.05) is 29.9 Å². The maximum Gasteiger partial charge on any atom is 0.253 e. The third kappa shape index (κ3) is 5.41. The second-order valence-corrected chi connectivity index (χ2v) is 7.90. The highest BCUT2D eigenvalue weighted by Gasteiger charge is 2.22. The van der Waals surface area contributed by atoms with E-state index in [2.05, 4.69) is 15.5 Å². The zero-order valence-electron chi connectivity index (χ0n) is 18.1. The number of nitrogens with zero attached hydrogens (tertiary/aromatic N) is 1. The fraction of sp³-hybridized carbons (Fsp3) is 0.440. The van der Waals surface area contributed by atoms with Crippen LogP contribution in [0.4, 0.5) is 11.4 Å². The number of rotatable bonds is 8. The highest BCUT2D eigenvalue weighted by molar-refractivity contribution is 6.02. The van der Waals surface area contributed by atoms with Crippen LogP contribution in [0.2, 0.25) is 0 Å². The Hall–Kier alpha value is -2.82. The molecule has 1 fully saturated rings. The molecule has 1 atom stereocenters. The lowest BCUT2D eigenvalue weighted by Gasteiger charge is -2.30. The third-order valence-electron chi connectivity index (χ3n) is 5.67. The van der Waals surface area contributed by atoms with Gasteiger partial charge in [-0.05, 0) is 55.9 Å². The number of carbonyl (C=O) groups is 2. The normalized spacial score (nSPS) is 14.8. The second kappa shape index (κ2) is 10.8. The highest BCUT2D eigenvalue weighted by Crippen LogP contribution is 2.28. The molecule has 0 aliphatic carbocycles. The first-order valence-electron chi connectivity index (χ1n) is 11.2. The molecule has 0 radical (unpaired) electrons. The number of carbonyl (C=O) groups excluding carboxylic acids is 2. The number of benzene rings is 2. The number of amides is 2. The molecule has 1 saturated heterocycles. The molecule has 1 heterocycles. The van der Waals surface area contributed by atoms with E-state index in [0.29, 0.717) is 24.2 Å². The average molecular weight is 408 g/mol. The first-order chi connectivity index (χ1) is 14.6. The third-order valence-corrected chi connectivity index (χ3v) is 5.67. The van der Waals surface area contributed by atoms with Crippen LogP contribution in [0.25, 0.3) is 0 Å². The lowest BCUT2D eigenvalue weighted by atomic mass is 9.95. The van der Waals surface area contributed by atoms with Crippen LogP contribution in [0.15, 0.2) is 48.5 Å². The molecule has 5 nitrogen and oxygen atoms in total. The minimum Gasteiger partial charge on any atom is -0.371 e. The Morgan fingerprint density at radius 1 is 1.00 bits per heavy atom. The molecule has 1 aliphatic rings. The second-order valence-electron chi connectivity index (χ2n) is 7.90. The average Bonchev–Trinajstić information content (AvgIpc) is 2.79. The summed E-state index contributed by atoms with van der Waals surface area (Å²) < 4.78 is 0. The lowest BCUT2D eigenvalue weighted by molar-refractivity contribution is -0.117. The molecule has 30 heavy (non-hydrogen) atoms. The molecular weight excluding hydrogens is 374 g/mol. The largest absolute Gasteiger partial charge is 0.371 e. The van der Waals surface area contributed by atoms with Crippen molar-refractivity contribution in [3.8, 4) is 0 Å². The number of piperidine rings is 1. The summed E-state index contributed by atoms with van der Waals surface area (Å²) >= 11 is 0. The van der Waals surface area contributed by atoms with Gasteiger partial charge in [0.1, 0.15) is 0 Å². The summed E-state index contributed by atoms with van der Waals surface area (Å²) in [7, 11) is 0. The van der Waals surface area contributed by atoms with E-state index < -0.39 is 0 Å². The van der Waals surface area contributed by atoms with E-state index in [9.17, 15) is 9.59 Å². The predicted molar refractivity (Wildman–Crippen MR) is 123 cm³/mol. The van der Waals surface area contributed by atoms with Crippen LogP contribution in [0.5, 0.6) is 0 Å². The molecule has 2 N–H and O–H groups in total. The molecule has 0 aromatic heterocycles. The smallest absolute Gasteiger partial charge is 0.253 e. The van der Waals surface area contributed by atoms with Crippen LogP contribution < -0.4 is 15.5 Å². The number of anilines is 2. The van der Waals surface area contributed by atoms with Crippen molar-refractivity contribution in [1.29, 1.82) is 0 Å². The van der Waals surface area contributed by atoms with E-state index in [1.165, 1.54) is 6.42 Å². The molecule has 2 aromatic rings. The Labute approximate surface area is 179 Å². The Morgan fingerprint density at radius 2 is 1.73 bits per heavy atom. The van der Waals surface area contributed by atoms with Crippen molar-refractivity contribution in [1.82, 2.24) is 5.32 Å². The maximum atomic E-state index is 13.0. The van der Waals surface area contributed by atoms with E-state index >= 15 is 0 Å². The van der Waals surface area contributed by atoms with Crippen molar-refractivity contribution in [2.45, 2.75) is 51.9 Å². The van der Waals surface area contributed by atoms with Gasteiger partial charge in [-0.25, -0.2) is 0 Å². The standard InChI is InChI=1S/C25H33N3O2/c1-3-15-26-24(29)22-18-20(13-14-23(22)28-16-9-6-10-17-28)27-25(30)21(4-2)19-11-7-5-8-12-19/h5,7-8,11-14,18,21H,3-4,6,9-10,15-17H2,1-2H3,(H,26,29)(H,27,30)/t21-/m1/s1. The summed E-state index contributed by atoms with van der Waals surface area (Å²) in [5, 5.41) is 6.03. The van der Waals surface area contributed by atoms with Gasteiger partial charge in [-0.1, -0.05) is 44.2 Å². The van der Waals surface area contributed by atoms with E-state index in [1.807, 2.05) is 62.4 Å². The Bertz CT molecular complexity index is 845. The van der Waals surface area contributed by atoms with Crippen molar-refractivity contribution in [3.63, 3.8) is 0 Å². The molecule has 5 heteroatoms. The Balaban J connectivity index is 1.84. The van der Waals surface area contributed by atoms with E-state index in [-0.39, 0.29) is 17.7 Å². The first kappa shape index (κ1) is 21.9. The van der Waals surface area contributed by atoms with Gasteiger partial charge in [0.25, 0.3) is 5.91 Å². The summed E-state index contributed by atoms with van der Waals surface area (Å²) in [6, 6.07) is 15.5. The maximum absolute atomic E-state index is 13.0. The molecule has 1 aliphatic heterocycles. The van der Waals surface area contributed by atoms with E-state index in [0.717, 1.165) is 43.6 Å². The Kier molecular flexibility index (Phi) is 7.89. The molecule has 160 valence electrons. The van der Waals surface area contributed by atoms with Crippen molar-refractivity contribution in [3.05, 3.63) is 59.7 Å². The van der Waals surface area contributed by atoms with Crippen LogP contribution in [-0.2, 0) is 4.79 Å². The van der Waals surface area contributed by atoms with Crippen LogP contribution in [0.1, 0.15) is 67.8 Å². The molecule has 0 spiro atoms. The van der Waals surface area contributed by atoms with Crippen molar-refractivity contribution < 1.29 is 9.59 Å². The minimum absolute atomic E-state index is 0.0469. The van der Waals surface area contributed by atoms with Crippen molar-refractivity contribution in [2.24, 2.45) is 0 Å². The van der Waals surface area contributed by atoms with Gasteiger partial charge in [0.2, 0.25) is 5.91 Å². The molecule has 0 saturated carbocycles. The fourth-order valence-electron chi connectivity index (χ4n) is 4.03. The van der Waals surface area contributed by atoms with Gasteiger partial charge in [0, 0.05) is 31.0 Å². The SMILES string of the molecule is CCCNC(=O)c1cc(NC(=O)[C@H](CC)c2ccccc2)ccc1N1CCCCC1. The van der Waals surface area contributed by atoms with E-state index in [1.54, 1.807) is 0 Å². The molecule has 0 bridgehead atoms. The zero-order chi connectivity index (χ0) is 21.3. The fourth-order valence-corrected chi connectivity index (χ4v) is 4.03. The minimum atomic E-state index is -0.217. The molecule has 0 unspecified atom stereocenters. The number of hydrogen-bond donors (Lipinski definition) is 2. The van der Waals surface area contributed by atoms with Crippen LogP contribution in [0, 0.1) is 0 Å². The Morgan fingerprint density at radius 3 is 2.40 bits per heavy atom. The van der Waals surface area contributed by atoms with Gasteiger partial charge >= 0.3 is 0 Å². The molecular formula is C25H33N3O2. The van der Waals surface area contributed by atoms with Gasteiger partial charge in [0.05, 0.1) is 11.5 Å².